The number of hydrogen-bond acceptors (Lipinski definition) is 1. The molecule has 4 aliphatic carbocycles. The second kappa shape index (κ2) is 6.47. The fourth-order valence-corrected chi connectivity index (χ4v) is 6.32. The van der Waals surface area contributed by atoms with E-state index < -0.39 is 0 Å². The standard InChI is InChI=1S/C24H26FNO/c25-21-8-6-17(7-9-21)16-26(22-4-2-1-3-5-22)23(27)24-13-18-10-19(14-24)12-20(11-18)15-24/h1-9,18-20H,10-16H2. The number of halogens is 1. The maximum Gasteiger partial charge on any atom is 0.233 e. The average molecular weight is 363 g/mol. The highest BCUT2D eigenvalue weighted by Crippen LogP contribution is 2.60. The van der Waals surface area contributed by atoms with Crippen LogP contribution in [-0.2, 0) is 11.3 Å². The summed E-state index contributed by atoms with van der Waals surface area (Å²) >= 11 is 0. The number of benzene rings is 2. The van der Waals surface area contributed by atoms with Crippen molar-refractivity contribution < 1.29 is 9.18 Å². The average Bonchev–Trinajstić information content (AvgIpc) is 2.67. The van der Waals surface area contributed by atoms with Crippen molar-refractivity contribution in [3.05, 3.63) is 66.0 Å². The summed E-state index contributed by atoms with van der Waals surface area (Å²) in [6, 6.07) is 16.5. The molecule has 4 saturated carbocycles. The van der Waals surface area contributed by atoms with Gasteiger partial charge in [-0.25, -0.2) is 4.39 Å². The lowest BCUT2D eigenvalue weighted by Gasteiger charge is -2.56. The van der Waals surface area contributed by atoms with Gasteiger partial charge in [0.05, 0.1) is 12.0 Å². The van der Waals surface area contributed by atoms with Crippen LogP contribution in [0.2, 0.25) is 0 Å². The van der Waals surface area contributed by atoms with Gasteiger partial charge in [-0.05, 0) is 86.1 Å². The van der Waals surface area contributed by atoms with Gasteiger partial charge in [0.2, 0.25) is 5.91 Å². The molecule has 0 atom stereocenters. The summed E-state index contributed by atoms with van der Waals surface area (Å²) in [5.74, 6) is 2.27. The number of amides is 1. The van der Waals surface area contributed by atoms with Gasteiger partial charge in [-0.2, -0.15) is 0 Å². The number of carbonyl (C=O) groups excluding carboxylic acids is 1. The predicted octanol–water partition coefficient (Wildman–Crippen LogP) is 5.58. The minimum absolute atomic E-state index is 0.176. The van der Waals surface area contributed by atoms with E-state index in [1.807, 2.05) is 35.2 Å². The second-order valence-corrected chi connectivity index (χ2v) is 9.05. The third-order valence-corrected chi connectivity index (χ3v) is 7.06. The van der Waals surface area contributed by atoms with Gasteiger partial charge in [-0.15, -0.1) is 0 Å². The zero-order chi connectivity index (χ0) is 18.4. The van der Waals surface area contributed by atoms with E-state index in [0.29, 0.717) is 6.54 Å². The lowest BCUT2D eigenvalue weighted by Crippen LogP contribution is -2.54. The zero-order valence-electron chi connectivity index (χ0n) is 15.6. The molecule has 0 radical (unpaired) electrons. The summed E-state index contributed by atoms with van der Waals surface area (Å²) in [6.45, 7) is 0.505. The molecular formula is C24H26FNO. The molecule has 4 aliphatic rings. The molecule has 4 bridgehead atoms. The van der Waals surface area contributed by atoms with Crippen molar-refractivity contribution in [3.8, 4) is 0 Å². The number of anilines is 1. The van der Waals surface area contributed by atoms with Crippen LogP contribution in [0.15, 0.2) is 54.6 Å². The molecule has 1 amide bonds. The van der Waals surface area contributed by atoms with Crippen LogP contribution in [0.1, 0.15) is 44.1 Å². The van der Waals surface area contributed by atoms with Gasteiger partial charge in [0.15, 0.2) is 0 Å². The van der Waals surface area contributed by atoms with E-state index in [0.717, 1.165) is 48.3 Å². The van der Waals surface area contributed by atoms with Gasteiger partial charge in [-0.3, -0.25) is 4.79 Å². The summed E-state index contributed by atoms with van der Waals surface area (Å²) < 4.78 is 13.3. The van der Waals surface area contributed by atoms with E-state index in [4.69, 9.17) is 0 Å². The number of carbonyl (C=O) groups is 1. The van der Waals surface area contributed by atoms with Gasteiger partial charge < -0.3 is 4.90 Å². The number of para-hydroxylation sites is 1. The number of rotatable bonds is 4. The Balaban J connectivity index is 1.48. The van der Waals surface area contributed by atoms with Crippen molar-refractivity contribution in [2.24, 2.45) is 23.2 Å². The van der Waals surface area contributed by atoms with Crippen molar-refractivity contribution in [2.45, 2.75) is 45.1 Å². The lowest BCUT2D eigenvalue weighted by atomic mass is 9.49. The Bertz CT molecular complexity index is 794. The van der Waals surface area contributed by atoms with E-state index in [1.165, 1.54) is 31.4 Å². The normalized spacial score (nSPS) is 31.1. The molecule has 0 unspecified atom stereocenters. The van der Waals surface area contributed by atoms with Gasteiger partial charge in [-0.1, -0.05) is 30.3 Å². The third-order valence-electron chi connectivity index (χ3n) is 7.06. The molecule has 2 aromatic rings. The Morgan fingerprint density at radius 2 is 1.44 bits per heavy atom. The Morgan fingerprint density at radius 3 is 2.00 bits per heavy atom. The van der Waals surface area contributed by atoms with Crippen LogP contribution >= 0.6 is 0 Å². The largest absolute Gasteiger partial charge is 0.308 e. The summed E-state index contributed by atoms with van der Waals surface area (Å²) in [5.41, 5.74) is 1.74. The summed E-state index contributed by atoms with van der Waals surface area (Å²) in [5, 5.41) is 0. The highest BCUT2D eigenvalue weighted by molar-refractivity contribution is 5.97. The molecule has 0 N–H and O–H groups in total. The van der Waals surface area contributed by atoms with Crippen molar-refractivity contribution in [2.75, 3.05) is 4.90 Å². The first-order valence-corrected chi connectivity index (χ1v) is 10.2. The molecule has 0 aromatic heterocycles. The number of nitrogens with zero attached hydrogens (tertiary/aromatic N) is 1. The molecule has 140 valence electrons. The monoisotopic (exact) mass is 363 g/mol. The first kappa shape index (κ1) is 17.0. The van der Waals surface area contributed by atoms with Crippen molar-refractivity contribution in [1.29, 1.82) is 0 Å². The molecule has 6 rings (SSSR count). The first-order valence-electron chi connectivity index (χ1n) is 10.2. The van der Waals surface area contributed by atoms with Crippen LogP contribution in [0.3, 0.4) is 0 Å². The Morgan fingerprint density at radius 1 is 0.889 bits per heavy atom. The Kier molecular flexibility index (Phi) is 4.07. The van der Waals surface area contributed by atoms with Gasteiger partial charge in [0, 0.05) is 5.69 Å². The SMILES string of the molecule is O=C(N(Cc1ccc(F)cc1)c1ccccc1)C12CC3CC(CC(C3)C1)C2. The molecule has 0 heterocycles. The minimum atomic E-state index is -0.238. The number of hydrogen-bond donors (Lipinski definition) is 0. The van der Waals surface area contributed by atoms with Gasteiger partial charge in [0.1, 0.15) is 5.82 Å². The van der Waals surface area contributed by atoms with E-state index in [9.17, 15) is 9.18 Å². The lowest BCUT2D eigenvalue weighted by molar-refractivity contribution is -0.143. The Hall–Kier alpha value is -2.16. The molecule has 0 aliphatic heterocycles. The molecule has 0 saturated heterocycles. The topological polar surface area (TPSA) is 20.3 Å². The Labute approximate surface area is 160 Å². The molecule has 4 fully saturated rings. The van der Waals surface area contributed by atoms with Crippen molar-refractivity contribution in [3.63, 3.8) is 0 Å². The molecule has 0 spiro atoms. The maximum absolute atomic E-state index is 13.9. The van der Waals surface area contributed by atoms with Crippen LogP contribution in [0.5, 0.6) is 0 Å². The van der Waals surface area contributed by atoms with Crippen LogP contribution in [0, 0.1) is 29.0 Å². The molecule has 3 heteroatoms. The maximum atomic E-state index is 13.9. The van der Waals surface area contributed by atoms with Crippen LogP contribution in [0.4, 0.5) is 10.1 Å². The smallest absolute Gasteiger partial charge is 0.233 e. The van der Waals surface area contributed by atoms with Crippen LogP contribution in [0.25, 0.3) is 0 Å². The van der Waals surface area contributed by atoms with E-state index in [-0.39, 0.29) is 17.1 Å². The predicted molar refractivity (Wildman–Crippen MR) is 105 cm³/mol. The van der Waals surface area contributed by atoms with E-state index in [2.05, 4.69) is 0 Å². The minimum Gasteiger partial charge on any atom is -0.308 e. The van der Waals surface area contributed by atoms with Gasteiger partial charge >= 0.3 is 0 Å². The summed E-state index contributed by atoms with van der Waals surface area (Å²) in [7, 11) is 0. The fourth-order valence-electron chi connectivity index (χ4n) is 6.32. The molecule has 2 aromatic carbocycles. The molecule has 27 heavy (non-hydrogen) atoms. The van der Waals surface area contributed by atoms with E-state index >= 15 is 0 Å². The zero-order valence-corrected chi connectivity index (χ0v) is 15.6. The quantitative estimate of drug-likeness (QED) is 0.695. The first-order chi connectivity index (χ1) is 13.1. The van der Waals surface area contributed by atoms with Crippen LogP contribution < -0.4 is 4.90 Å². The highest BCUT2D eigenvalue weighted by Gasteiger charge is 2.55. The summed E-state index contributed by atoms with van der Waals surface area (Å²) in [4.78, 5) is 15.9. The van der Waals surface area contributed by atoms with Crippen LogP contribution in [-0.4, -0.2) is 5.91 Å². The second-order valence-electron chi connectivity index (χ2n) is 9.05. The molecule has 2 nitrogen and oxygen atoms in total. The van der Waals surface area contributed by atoms with Crippen molar-refractivity contribution >= 4 is 11.6 Å². The molecular weight excluding hydrogens is 337 g/mol. The van der Waals surface area contributed by atoms with Gasteiger partial charge in [0.25, 0.3) is 0 Å². The van der Waals surface area contributed by atoms with E-state index in [1.54, 1.807) is 12.1 Å². The fraction of sp³-hybridized carbons (Fsp3) is 0.458. The van der Waals surface area contributed by atoms with Crippen molar-refractivity contribution in [1.82, 2.24) is 0 Å². The summed E-state index contributed by atoms with van der Waals surface area (Å²) in [6.07, 6.45) is 7.17. The highest BCUT2D eigenvalue weighted by atomic mass is 19.1. The third kappa shape index (κ3) is 3.07.